The molecule has 2 rings (SSSR count). The zero-order valence-electron chi connectivity index (χ0n) is 13.0. The van der Waals surface area contributed by atoms with E-state index >= 15 is 0 Å². The van der Waals surface area contributed by atoms with Gasteiger partial charge in [-0.2, -0.15) is 0 Å². The van der Waals surface area contributed by atoms with E-state index in [0.29, 0.717) is 29.3 Å². The minimum atomic E-state index is -3.45. The minimum absolute atomic E-state index is 0.141. The largest absolute Gasteiger partial charge is 0.467 e. The molecule has 0 aliphatic rings. The highest BCUT2D eigenvalue weighted by atomic mass is 35.5. The Labute approximate surface area is 146 Å². The summed E-state index contributed by atoms with van der Waals surface area (Å²) in [5.41, 5.74) is 0.617. The van der Waals surface area contributed by atoms with Gasteiger partial charge in [0.15, 0.2) is 0 Å². The monoisotopic (exact) mass is 370 g/mol. The summed E-state index contributed by atoms with van der Waals surface area (Å²) in [5.74, 6) is 0.379. The van der Waals surface area contributed by atoms with Crippen molar-refractivity contribution in [3.8, 4) is 0 Å². The Morgan fingerprint density at radius 2 is 2.04 bits per heavy atom. The van der Waals surface area contributed by atoms with Crippen LogP contribution in [0.15, 0.2) is 47.1 Å². The highest BCUT2D eigenvalue weighted by Crippen LogP contribution is 2.12. The molecule has 130 valence electrons. The maximum Gasteiger partial charge on any atom is 0.220 e. The van der Waals surface area contributed by atoms with E-state index < -0.39 is 10.0 Å². The number of hydrogen-bond donors (Lipinski definition) is 2. The van der Waals surface area contributed by atoms with Crippen LogP contribution in [0, 0.1) is 0 Å². The van der Waals surface area contributed by atoms with Crippen molar-refractivity contribution < 1.29 is 17.6 Å². The van der Waals surface area contributed by atoms with E-state index in [0.717, 1.165) is 0 Å². The van der Waals surface area contributed by atoms with Crippen LogP contribution < -0.4 is 10.0 Å². The SMILES string of the molecule is O=C(CCCNS(=O)(=O)Cc1cccc(Cl)c1)NCc1ccco1. The second-order valence-electron chi connectivity index (χ2n) is 5.24. The zero-order valence-corrected chi connectivity index (χ0v) is 14.6. The van der Waals surface area contributed by atoms with Gasteiger partial charge in [0.1, 0.15) is 5.76 Å². The van der Waals surface area contributed by atoms with Crippen molar-refractivity contribution in [1.82, 2.24) is 10.0 Å². The van der Waals surface area contributed by atoms with Crippen LogP contribution in [0.1, 0.15) is 24.2 Å². The summed E-state index contributed by atoms with van der Waals surface area (Å²) in [4.78, 5) is 11.6. The Morgan fingerprint density at radius 3 is 2.75 bits per heavy atom. The van der Waals surface area contributed by atoms with Crippen LogP contribution in [0.3, 0.4) is 0 Å². The number of rotatable bonds is 9. The molecular formula is C16H19ClN2O4S. The first-order valence-corrected chi connectivity index (χ1v) is 9.48. The fourth-order valence-corrected chi connectivity index (χ4v) is 3.45. The fraction of sp³-hybridized carbons (Fsp3) is 0.312. The molecule has 1 amide bonds. The van der Waals surface area contributed by atoms with Gasteiger partial charge >= 0.3 is 0 Å². The van der Waals surface area contributed by atoms with Crippen LogP contribution in [0.2, 0.25) is 5.02 Å². The number of hydrogen-bond acceptors (Lipinski definition) is 4. The lowest BCUT2D eigenvalue weighted by atomic mass is 10.2. The summed E-state index contributed by atoms with van der Waals surface area (Å²) in [6.45, 7) is 0.531. The van der Waals surface area contributed by atoms with Crippen LogP contribution in [-0.4, -0.2) is 20.9 Å². The third-order valence-electron chi connectivity index (χ3n) is 3.19. The Kier molecular flexibility index (Phi) is 6.84. The third-order valence-corrected chi connectivity index (χ3v) is 4.78. The number of sulfonamides is 1. The quantitative estimate of drug-likeness (QED) is 0.663. The number of halogens is 1. The van der Waals surface area contributed by atoms with Crippen molar-refractivity contribution in [2.75, 3.05) is 6.54 Å². The topological polar surface area (TPSA) is 88.4 Å². The van der Waals surface area contributed by atoms with E-state index in [2.05, 4.69) is 10.0 Å². The molecule has 0 radical (unpaired) electrons. The molecule has 0 unspecified atom stereocenters. The Hall–Kier alpha value is -1.83. The van der Waals surface area contributed by atoms with E-state index in [4.69, 9.17) is 16.0 Å². The van der Waals surface area contributed by atoms with Crippen molar-refractivity contribution in [2.24, 2.45) is 0 Å². The van der Waals surface area contributed by atoms with Crippen LogP contribution in [0.5, 0.6) is 0 Å². The predicted molar refractivity (Wildman–Crippen MR) is 91.9 cm³/mol. The Morgan fingerprint density at radius 1 is 1.21 bits per heavy atom. The molecule has 24 heavy (non-hydrogen) atoms. The van der Waals surface area contributed by atoms with Gasteiger partial charge in [0.2, 0.25) is 15.9 Å². The standard InChI is InChI=1S/C16H19ClN2O4S/c17-14-5-1-4-13(10-14)12-24(21,22)19-8-2-7-16(20)18-11-15-6-3-9-23-15/h1,3-6,9-10,19H,2,7-8,11-12H2,(H,18,20). The van der Waals surface area contributed by atoms with Gasteiger partial charge in [-0.15, -0.1) is 0 Å². The molecule has 2 N–H and O–H groups in total. The van der Waals surface area contributed by atoms with Crippen molar-refractivity contribution in [1.29, 1.82) is 0 Å². The number of carbonyl (C=O) groups is 1. The predicted octanol–water partition coefficient (Wildman–Crippen LogP) is 2.45. The van der Waals surface area contributed by atoms with Gasteiger partial charge < -0.3 is 9.73 Å². The molecule has 1 aromatic heterocycles. The van der Waals surface area contributed by atoms with Crippen molar-refractivity contribution in [2.45, 2.75) is 25.1 Å². The lowest BCUT2D eigenvalue weighted by Crippen LogP contribution is -2.28. The molecule has 2 aromatic rings. The summed E-state index contributed by atoms with van der Waals surface area (Å²) in [6.07, 6.45) is 2.19. The highest BCUT2D eigenvalue weighted by Gasteiger charge is 2.11. The minimum Gasteiger partial charge on any atom is -0.467 e. The molecule has 1 heterocycles. The smallest absolute Gasteiger partial charge is 0.220 e. The summed E-state index contributed by atoms with van der Waals surface area (Å²) < 4.78 is 31.5. The number of carbonyl (C=O) groups excluding carboxylic acids is 1. The van der Waals surface area contributed by atoms with E-state index in [1.54, 1.807) is 36.4 Å². The van der Waals surface area contributed by atoms with Crippen molar-refractivity contribution in [3.63, 3.8) is 0 Å². The lowest BCUT2D eigenvalue weighted by molar-refractivity contribution is -0.121. The molecule has 6 nitrogen and oxygen atoms in total. The number of benzene rings is 1. The normalized spacial score (nSPS) is 11.4. The average molecular weight is 371 g/mol. The molecule has 0 saturated heterocycles. The third kappa shape index (κ3) is 6.74. The van der Waals surface area contributed by atoms with E-state index in [1.165, 1.54) is 6.26 Å². The number of nitrogens with one attached hydrogen (secondary N) is 2. The van der Waals surface area contributed by atoms with Gasteiger partial charge in [0.05, 0.1) is 18.6 Å². The second kappa shape index (κ2) is 8.86. The summed E-state index contributed by atoms with van der Waals surface area (Å²) >= 11 is 5.84. The molecule has 8 heteroatoms. The molecule has 1 aromatic carbocycles. The van der Waals surface area contributed by atoms with Crippen LogP contribution in [0.25, 0.3) is 0 Å². The summed E-state index contributed by atoms with van der Waals surface area (Å²) in [7, 11) is -3.45. The summed E-state index contributed by atoms with van der Waals surface area (Å²) in [5, 5.41) is 3.20. The van der Waals surface area contributed by atoms with Gasteiger partial charge in [-0.1, -0.05) is 23.7 Å². The van der Waals surface area contributed by atoms with Gasteiger partial charge in [0, 0.05) is 18.0 Å². The summed E-state index contributed by atoms with van der Waals surface area (Å²) in [6, 6.07) is 10.2. The molecule has 0 aliphatic heterocycles. The van der Waals surface area contributed by atoms with E-state index in [-0.39, 0.29) is 24.6 Å². The maximum atomic E-state index is 12.0. The van der Waals surface area contributed by atoms with Crippen LogP contribution in [0.4, 0.5) is 0 Å². The van der Waals surface area contributed by atoms with Crippen LogP contribution in [-0.2, 0) is 27.1 Å². The first-order chi connectivity index (χ1) is 11.4. The van der Waals surface area contributed by atoms with E-state index in [1.807, 2.05) is 0 Å². The fourth-order valence-electron chi connectivity index (χ4n) is 2.06. The Bertz CT molecular complexity index is 760. The maximum absolute atomic E-state index is 12.0. The number of amides is 1. The molecule has 0 spiro atoms. The number of furan rings is 1. The highest BCUT2D eigenvalue weighted by molar-refractivity contribution is 7.88. The second-order valence-corrected chi connectivity index (χ2v) is 7.49. The lowest BCUT2D eigenvalue weighted by Gasteiger charge is -2.07. The average Bonchev–Trinajstić information content (AvgIpc) is 3.02. The van der Waals surface area contributed by atoms with Crippen LogP contribution >= 0.6 is 11.6 Å². The van der Waals surface area contributed by atoms with Crippen molar-refractivity contribution in [3.05, 3.63) is 59.0 Å². The van der Waals surface area contributed by atoms with Gasteiger partial charge in [-0.05, 0) is 36.2 Å². The Balaban J connectivity index is 1.66. The first-order valence-electron chi connectivity index (χ1n) is 7.45. The van der Waals surface area contributed by atoms with Gasteiger partial charge in [-0.25, -0.2) is 13.1 Å². The molecular weight excluding hydrogens is 352 g/mol. The molecule has 0 saturated carbocycles. The molecule has 0 fully saturated rings. The first kappa shape index (κ1) is 18.5. The van der Waals surface area contributed by atoms with Crippen molar-refractivity contribution >= 4 is 27.5 Å². The molecule has 0 aliphatic carbocycles. The molecule has 0 atom stereocenters. The van der Waals surface area contributed by atoms with Gasteiger partial charge in [0.25, 0.3) is 0 Å². The van der Waals surface area contributed by atoms with Gasteiger partial charge in [-0.3, -0.25) is 4.79 Å². The molecule has 0 bridgehead atoms. The zero-order chi connectivity index (χ0) is 17.4. The van der Waals surface area contributed by atoms with E-state index in [9.17, 15) is 13.2 Å².